The van der Waals surface area contributed by atoms with Crippen LogP contribution < -0.4 is 9.64 Å². The van der Waals surface area contributed by atoms with Gasteiger partial charge >= 0.3 is 0 Å². The first-order chi connectivity index (χ1) is 12.0. The molecule has 1 aromatic heterocycles. The number of carbonyl (C=O) groups is 1. The zero-order valence-corrected chi connectivity index (χ0v) is 15.6. The van der Waals surface area contributed by atoms with E-state index in [2.05, 4.69) is 10.00 Å². The zero-order valence-electron chi connectivity index (χ0n) is 14.8. The molecule has 0 atom stereocenters. The summed E-state index contributed by atoms with van der Waals surface area (Å²) in [4.78, 5) is 16.5. The predicted molar refractivity (Wildman–Crippen MR) is 98.4 cm³/mol. The van der Waals surface area contributed by atoms with Gasteiger partial charge in [-0.3, -0.25) is 9.48 Å². The Balaban J connectivity index is 1.53. The number of halogens is 1. The first kappa shape index (κ1) is 17.6. The Labute approximate surface area is 152 Å². The molecule has 0 spiro atoms. The maximum absolute atomic E-state index is 12.4. The summed E-state index contributed by atoms with van der Waals surface area (Å²) in [6, 6.07) is 7.81. The third kappa shape index (κ3) is 3.90. The number of anilines is 1. The Morgan fingerprint density at radius 1 is 1.24 bits per heavy atom. The van der Waals surface area contributed by atoms with Gasteiger partial charge in [-0.2, -0.15) is 5.10 Å². The number of nitrogens with zero attached hydrogens (tertiary/aromatic N) is 4. The topological polar surface area (TPSA) is 50.6 Å². The van der Waals surface area contributed by atoms with Crippen molar-refractivity contribution in [3.8, 4) is 5.75 Å². The van der Waals surface area contributed by atoms with E-state index in [1.807, 2.05) is 50.1 Å². The van der Waals surface area contributed by atoms with Crippen molar-refractivity contribution >= 4 is 23.2 Å². The number of aromatic nitrogens is 2. The lowest BCUT2D eigenvalue weighted by atomic mass is 10.2. The molecule has 6 nitrogen and oxygen atoms in total. The molecule has 0 radical (unpaired) electrons. The second-order valence-electron chi connectivity index (χ2n) is 6.26. The van der Waals surface area contributed by atoms with E-state index in [0.717, 1.165) is 35.2 Å². The van der Waals surface area contributed by atoms with E-state index in [1.54, 1.807) is 4.68 Å². The SMILES string of the molecule is Cc1nn(C)c(C)c1OCC(=O)N1CCN(c2cccc(Cl)c2)CC1. The molecule has 0 saturated carbocycles. The third-order valence-corrected chi connectivity index (χ3v) is 4.82. The van der Waals surface area contributed by atoms with Crippen molar-refractivity contribution in [3.05, 3.63) is 40.7 Å². The summed E-state index contributed by atoms with van der Waals surface area (Å²) < 4.78 is 7.49. The Kier molecular flexibility index (Phi) is 5.18. The monoisotopic (exact) mass is 362 g/mol. The fraction of sp³-hybridized carbons (Fsp3) is 0.444. The number of piperazine rings is 1. The average Bonchev–Trinajstić information content (AvgIpc) is 2.85. The van der Waals surface area contributed by atoms with Crippen molar-refractivity contribution in [2.24, 2.45) is 7.05 Å². The van der Waals surface area contributed by atoms with E-state index in [4.69, 9.17) is 16.3 Å². The van der Waals surface area contributed by atoms with Crippen LogP contribution in [0.4, 0.5) is 5.69 Å². The molecule has 134 valence electrons. The number of rotatable bonds is 4. The van der Waals surface area contributed by atoms with E-state index >= 15 is 0 Å². The van der Waals surface area contributed by atoms with Gasteiger partial charge in [-0.1, -0.05) is 17.7 Å². The van der Waals surface area contributed by atoms with Crippen molar-refractivity contribution in [2.45, 2.75) is 13.8 Å². The number of carbonyl (C=O) groups excluding carboxylic acids is 1. The summed E-state index contributed by atoms with van der Waals surface area (Å²) in [5.74, 6) is 0.710. The highest BCUT2D eigenvalue weighted by Gasteiger charge is 2.22. The van der Waals surface area contributed by atoms with Crippen molar-refractivity contribution in [1.82, 2.24) is 14.7 Å². The van der Waals surface area contributed by atoms with Gasteiger partial charge in [0.15, 0.2) is 12.4 Å². The van der Waals surface area contributed by atoms with Crippen LogP contribution in [0.2, 0.25) is 5.02 Å². The lowest BCUT2D eigenvalue weighted by Gasteiger charge is -2.36. The van der Waals surface area contributed by atoms with E-state index in [1.165, 1.54) is 0 Å². The summed E-state index contributed by atoms with van der Waals surface area (Å²) in [5.41, 5.74) is 2.83. The van der Waals surface area contributed by atoms with E-state index < -0.39 is 0 Å². The second kappa shape index (κ2) is 7.35. The molecule has 1 saturated heterocycles. The van der Waals surface area contributed by atoms with Crippen molar-refractivity contribution in [1.29, 1.82) is 0 Å². The van der Waals surface area contributed by atoms with Crippen LogP contribution in [0.5, 0.6) is 5.75 Å². The van der Waals surface area contributed by atoms with Crippen LogP contribution in [0, 0.1) is 13.8 Å². The van der Waals surface area contributed by atoms with E-state index in [-0.39, 0.29) is 12.5 Å². The normalized spacial score (nSPS) is 14.7. The molecule has 0 bridgehead atoms. The van der Waals surface area contributed by atoms with Gasteiger partial charge in [-0.15, -0.1) is 0 Å². The van der Waals surface area contributed by atoms with Crippen molar-refractivity contribution in [3.63, 3.8) is 0 Å². The molecular weight excluding hydrogens is 340 g/mol. The number of hydrogen-bond acceptors (Lipinski definition) is 4. The molecule has 0 N–H and O–H groups in total. The molecule has 0 unspecified atom stereocenters. The minimum atomic E-state index is 0.00778. The molecule has 1 aliphatic heterocycles. The van der Waals surface area contributed by atoms with Crippen LogP contribution in [0.1, 0.15) is 11.4 Å². The van der Waals surface area contributed by atoms with Crippen LogP contribution in [-0.2, 0) is 11.8 Å². The predicted octanol–water partition coefficient (Wildman–Crippen LogP) is 2.42. The number of hydrogen-bond donors (Lipinski definition) is 0. The lowest BCUT2D eigenvalue weighted by Crippen LogP contribution is -2.50. The van der Waals surface area contributed by atoms with Gasteiger partial charge < -0.3 is 14.5 Å². The largest absolute Gasteiger partial charge is 0.480 e. The fourth-order valence-corrected chi connectivity index (χ4v) is 3.26. The molecular formula is C18H23ClN4O2. The quantitative estimate of drug-likeness (QED) is 0.838. The fourth-order valence-electron chi connectivity index (χ4n) is 3.08. The zero-order chi connectivity index (χ0) is 18.0. The van der Waals surface area contributed by atoms with Crippen LogP contribution in [0.3, 0.4) is 0 Å². The van der Waals surface area contributed by atoms with Gasteiger partial charge in [-0.25, -0.2) is 0 Å². The smallest absolute Gasteiger partial charge is 0.260 e. The molecule has 0 aliphatic carbocycles. The Morgan fingerprint density at radius 2 is 1.96 bits per heavy atom. The summed E-state index contributed by atoms with van der Waals surface area (Å²) in [6.07, 6.45) is 0. The highest BCUT2D eigenvalue weighted by Crippen LogP contribution is 2.22. The van der Waals surface area contributed by atoms with Gasteiger partial charge in [0.25, 0.3) is 5.91 Å². The number of amides is 1. The molecule has 25 heavy (non-hydrogen) atoms. The molecule has 2 aromatic rings. The lowest BCUT2D eigenvalue weighted by molar-refractivity contribution is -0.133. The number of ether oxygens (including phenoxy) is 1. The highest BCUT2D eigenvalue weighted by molar-refractivity contribution is 6.30. The van der Waals surface area contributed by atoms with Gasteiger partial charge in [0, 0.05) is 43.9 Å². The van der Waals surface area contributed by atoms with E-state index in [9.17, 15) is 4.79 Å². The summed E-state index contributed by atoms with van der Waals surface area (Å²) in [6.45, 7) is 6.80. The summed E-state index contributed by atoms with van der Waals surface area (Å²) >= 11 is 6.06. The van der Waals surface area contributed by atoms with Crippen molar-refractivity contribution < 1.29 is 9.53 Å². The molecule has 1 aromatic carbocycles. The first-order valence-electron chi connectivity index (χ1n) is 8.37. The Bertz CT molecular complexity index is 766. The number of benzene rings is 1. The highest BCUT2D eigenvalue weighted by atomic mass is 35.5. The molecule has 1 amide bonds. The van der Waals surface area contributed by atoms with Gasteiger partial charge in [0.05, 0.1) is 5.69 Å². The van der Waals surface area contributed by atoms with Gasteiger partial charge in [0.1, 0.15) is 5.69 Å². The van der Waals surface area contributed by atoms with Crippen LogP contribution in [0.25, 0.3) is 0 Å². The van der Waals surface area contributed by atoms with Crippen LogP contribution in [0.15, 0.2) is 24.3 Å². The summed E-state index contributed by atoms with van der Waals surface area (Å²) in [5, 5.41) is 5.03. The first-order valence-corrected chi connectivity index (χ1v) is 8.75. The van der Waals surface area contributed by atoms with E-state index in [0.29, 0.717) is 18.8 Å². The average molecular weight is 363 g/mol. The van der Waals surface area contributed by atoms with Crippen LogP contribution in [-0.4, -0.2) is 53.4 Å². The molecule has 7 heteroatoms. The molecule has 1 fully saturated rings. The van der Waals surface area contributed by atoms with Gasteiger partial charge in [0.2, 0.25) is 0 Å². The van der Waals surface area contributed by atoms with Crippen LogP contribution >= 0.6 is 11.6 Å². The molecule has 2 heterocycles. The standard InChI is InChI=1S/C18H23ClN4O2/c1-13-18(14(2)21(3)20-13)25-12-17(24)23-9-7-22(8-10-23)16-6-4-5-15(19)11-16/h4-6,11H,7-10,12H2,1-3H3. The number of aryl methyl sites for hydroxylation is 2. The van der Waals surface area contributed by atoms with Gasteiger partial charge in [-0.05, 0) is 32.0 Å². The molecule has 1 aliphatic rings. The van der Waals surface area contributed by atoms with Crippen molar-refractivity contribution in [2.75, 3.05) is 37.7 Å². The maximum atomic E-state index is 12.4. The Hall–Kier alpha value is -2.21. The second-order valence-corrected chi connectivity index (χ2v) is 6.70. The third-order valence-electron chi connectivity index (χ3n) is 4.59. The molecule has 3 rings (SSSR count). The Morgan fingerprint density at radius 3 is 2.56 bits per heavy atom. The minimum Gasteiger partial charge on any atom is -0.480 e. The summed E-state index contributed by atoms with van der Waals surface area (Å²) in [7, 11) is 1.87. The minimum absolute atomic E-state index is 0.00778. The maximum Gasteiger partial charge on any atom is 0.260 e.